The Hall–Kier alpha value is -0.910. The lowest BCUT2D eigenvalue weighted by Gasteiger charge is -2.34. The highest BCUT2D eigenvalue weighted by atomic mass is 32.1. The first-order valence-corrected chi connectivity index (χ1v) is 7.63. The molecule has 0 spiro atoms. The van der Waals surface area contributed by atoms with Crippen molar-refractivity contribution < 1.29 is 9.53 Å². The molecule has 5 heteroatoms. The Labute approximate surface area is 118 Å². The van der Waals surface area contributed by atoms with Gasteiger partial charge in [-0.15, -0.1) is 11.3 Å². The average Bonchev–Trinajstić information content (AvgIpc) is 2.93. The normalized spacial score (nSPS) is 18.2. The van der Waals surface area contributed by atoms with E-state index >= 15 is 0 Å². The van der Waals surface area contributed by atoms with Gasteiger partial charge < -0.3 is 15.4 Å². The Balaban J connectivity index is 1.92. The molecule has 2 N–H and O–H groups in total. The van der Waals surface area contributed by atoms with Crippen LogP contribution in [0.25, 0.3) is 0 Å². The summed E-state index contributed by atoms with van der Waals surface area (Å²) in [6.45, 7) is 4.41. The molecule has 1 aromatic heterocycles. The second kappa shape index (κ2) is 6.50. The average molecular weight is 282 g/mol. The molecular formula is C14H22N2O2S. The van der Waals surface area contributed by atoms with E-state index in [4.69, 9.17) is 4.74 Å². The topological polar surface area (TPSA) is 50.4 Å². The van der Waals surface area contributed by atoms with Crippen LogP contribution in [0, 0.1) is 0 Å². The monoisotopic (exact) mass is 282 g/mol. The number of aryl methyl sites for hydroxylation is 1. The van der Waals surface area contributed by atoms with Gasteiger partial charge in [0, 0.05) is 16.9 Å². The Kier molecular flexibility index (Phi) is 4.96. The van der Waals surface area contributed by atoms with Crippen molar-refractivity contribution in [1.29, 1.82) is 0 Å². The Morgan fingerprint density at radius 3 is 2.68 bits per heavy atom. The van der Waals surface area contributed by atoms with Gasteiger partial charge in [0.05, 0.1) is 6.54 Å². The van der Waals surface area contributed by atoms with Gasteiger partial charge in [0.1, 0.15) is 5.60 Å². The number of rotatable bonds is 5. The number of hydrogen-bond donors (Lipinski definition) is 2. The smallest absolute Gasteiger partial charge is 0.252 e. The maximum atomic E-state index is 12.3. The van der Waals surface area contributed by atoms with Gasteiger partial charge in [-0.1, -0.05) is 6.92 Å². The molecule has 106 valence electrons. The molecular weight excluding hydrogens is 260 g/mol. The van der Waals surface area contributed by atoms with Crippen LogP contribution in [0.5, 0.6) is 0 Å². The first kappa shape index (κ1) is 14.5. The molecule has 1 saturated heterocycles. The first-order valence-electron chi connectivity index (χ1n) is 6.82. The highest BCUT2D eigenvalue weighted by Gasteiger charge is 2.39. The van der Waals surface area contributed by atoms with Crippen LogP contribution in [-0.4, -0.2) is 31.7 Å². The molecule has 4 nitrogen and oxygen atoms in total. The largest absolute Gasteiger partial charge is 0.368 e. The standard InChI is InChI=1S/C14H22N2O2S/c1-3-11-4-5-12(19-11)10-16-13(17)14(18-2)6-8-15-9-7-14/h4-5,15H,3,6-10H2,1-2H3,(H,16,17). The van der Waals surface area contributed by atoms with Crippen molar-refractivity contribution in [3.8, 4) is 0 Å². The predicted molar refractivity (Wildman–Crippen MR) is 77.4 cm³/mol. The molecule has 2 rings (SSSR count). The van der Waals surface area contributed by atoms with E-state index < -0.39 is 5.60 Å². The van der Waals surface area contributed by atoms with Crippen LogP contribution >= 0.6 is 11.3 Å². The Bertz CT molecular complexity index is 425. The van der Waals surface area contributed by atoms with Crippen molar-refractivity contribution in [2.45, 2.75) is 38.3 Å². The lowest BCUT2D eigenvalue weighted by molar-refractivity contribution is -0.146. The van der Waals surface area contributed by atoms with Crippen LogP contribution in [0.15, 0.2) is 12.1 Å². The number of piperidine rings is 1. The van der Waals surface area contributed by atoms with E-state index in [1.807, 2.05) is 0 Å². The van der Waals surface area contributed by atoms with Gasteiger partial charge in [0.25, 0.3) is 5.91 Å². The Morgan fingerprint density at radius 2 is 2.11 bits per heavy atom. The van der Waals surface area contributed by atoms with Crippen molar-refractivity contribution in [3.05, 3.63) is 21.9 Å². The molecule has 1 amide bonds. The lowest BCUT2D eigenvalue weighted by atomic mass is 9.91. The van der Waals surface area contributed by atoms with E-state index in [1.54, 1.807) is 18.4 Å². The fraction of sp³-hybridized carbons (Fsp3) is 0.643. The van der Waals surface area contributed by atoms with Crippen LogP contribution in [-0.2, 0) is 22.5 Å². The summed E-state index contributed by atoms with van der Waals surface area (Å²) in [5.41, 5.74) is -0.643. The van der Waals surface area contributed by atoms with Crippen molar-refractivity contribution in [2.24, 2.45) is 0 Å². The van der Waals surface area contributed by atoms with Gasteiger partial charge in [-0.25, -0.2) is 0 Å². The van der Waals surface area contributed by atoms with E-state index in [0.29, 0.717) is 6.54 Å². The van der Waals surface area contributed by atoms with Gasteiger partial charge in [-0.2, -0.15) is 0 Å². The van der Waals surface area contributed by atoms with Gasteiger partial charge in [0.15, 0.2) is 0 Å². The fourth-order valence-electron chi connectivity index (χ4n) is 2.39. The summed E-state index contributed by atoms with van der Waals surface area (Å²) < 4.78 is 5.51. The zero-order valence-electron chi connectivity index (χ0n) is 11.6. The molecule has 2 heterocycles. The molecule has 1 aliphatic rings. The number of thiophene rings is 1. The summed E-state index contributed by atoms with van der Waals surface area (Å²) >= 11 is 1.76. The quantitative estimate of drug-likeness (QED) is 0.864. The summed E-state index contributed by atoms with van der Waals surface area (Å²) in [7, 11) is 1.63. The molecule has 1 aliphatic heterocycles. The summed E-state index contributed by atoms with van der Waals surface area (Å²) in [4.78, 5) is 14.9. The molecule has 0 bridgehead atoms. The number of methoxy groups -OCH3 is 1. The third kappa shape index (κ3) is 3.35. The maximum Gasteiger partial charge on any atom is 0.252 e. The minimum absolute atomic E-state index is 0.0166. The third-order valence-electron chi connectivity index (χ3n) is 3.70. The van der Waals surface area contributed by atoms with Crippen LogP contribution in [0.1, 0.15) is 29.5 Å². The molecule has 0 aromatic carbocycles. The van der Waals surface area contributed by atoms with E-state index in [-0.39, 0.29) is 5.91 Å². The summed E-state index contributed by atoms with van der Waals surface area (Å²) in [5, 5.41) is 6.27. The highest BCUT2D eigenvalue weighted by molar-refractivity contribution is 7.11. The van der Waals surface area contributed by atoms with Crippen molar-refractivity contribution in [1.82, 2.24) is 10.6 Å². The van der Waals surface area contributed by atoms with E-state index in [1.165, 1.54) is 9.75 Å². The molecule has 19 heavy (non-hydrogen) atoms. The summed E-state index contributed by atoms with van der Waals surface area (Å²) in [6, 6.07) is 4.22. The minimum Gasteiger partial charge on any atom is -0.368 e. The molecule has 0 atom stereocenters. The van der Waals surface area contributed by atoms with Gasteiger partial charge in [-0.3, -0.25) is 4.79 Å². The van der Waals surface area contributed by atoms with Crippen molar-refractivity contribution >= 4 is 17.2 Å². The van der Waals surface area contributed by atoms with Crippen LogP contribution in [0.2, 0.25) is 0 Å². The van der Waals surface area contributed by atoms with E-state index in [0.717, 1.165) is 32.4 Å². The maximum absolute atomic E-state index is 12.3. The number of amides is 1. The van der Waals surface area contributed by atoms with Gasteiger partial charge in [0.2, 0.25) is 0 Å². The molecule has 1 aromatic rings. The molecule has 0 aliphatic carbocycles. The van der Waals surface area contributed by atoms with Crippen LogP contribution in [0.3, 0.4) is 0 Å². The summed E-state index contributed by atoms with van der Waals surface area (Å²) in [5.74, 6) is 0.0166. The number of nitrogens with one attached hydrogen (secondary N) is 2. The highest BCUT2D eigenvalue weighted by Crippen LogP contribution is 2.23. The zero-order valence-corrected chi connectivity index (χ0v) is 12.4. The fourth-order valence-corrected chi connectivity index (χ4v) is 3.29. The SMILES string of the molecule is CCc1ccc(CNC(=O)C2(OC)CCNCC2)s1. The molecule has 0 radical (unpaired) electrons. The second-order valence-corrected chi connectivity index (χ2v) is 6.11. The number of ether oxygens (including phenoxy) is 1. The van der Waals surface area contributed by atoms with Crippen molar-refractivity contribution in [2.75, 3.05) is 20.2 Å². The third-order valence-corrected chi connectivity index (χ3v) is 4.93. The first-order chi connectivity index (χ1) is 9.20. The number of carbonyl (C=O) groups is 1. The molecule has 1 fully saturated rings. The molecule has 0 unspecified atom stereocenters. The van der Waals surface area contributed by atoms with E-state index in [2.05, 4.69) is 29.7 Å². The van der Waals surface area contributed by atoms with Crippen LogP contribution < -0.4 is 10.6 Å². The van der Waals surface area contributed by atoms with Gasteiger partial charge >= 0.3 is 0 Å². The van der Waals surface area contributed by atoms with Gasteiger partial charge in [-0.05, 0) is 44.5 Å². The summed E-state index contributed by atoms with van der Waals surface area (Å²) in [6.07, 6.45) is 2.52. The Morgan fingerprint density at radius 1 is 1.42 bits per heavy atom. The predicted octanol–water partition coefficient (Wildman–Crippen LogP) is 1.70. The molecule has 0 saturated carbocycles. The minimum atomic E-state index is -0.643. The number of carbonyl (C=O) groups excluding carboxylic acids is 1. The van der Waals surface area contributed by atoms with E-state index in [9.17, 15) is 4.79 Å². The lowest BCUT2D eigenvalue weighted by Crippen LogP contribution is -2.53. The zero-order chi connectivity index (χ0) is 13.7. The van der Waals surface area contributed by atoms with Crippen molar-refractivity contribution in [3.63, 3.8) is 0 Å². The second-order valence-electron chi connectivity index (χ2n) is 4.85. The van der Waals surface area contributed by atoms with Crippen LogP contribution in [0.4, 0.5) is 0 Å². The number of hydrogen-bond acceptors (Lipinski definition) is 4.